The average molecular weight is 293 g/mol. The van der Waals surface area contributed by atoms with Crippen molar-refractivity contribution in [2.45, 2.75) is 25.4 Å². The highest BCUT2D eigenvalue weighted by Gasteiger charge is 2.37. The topological polar surface area (TPSA) is 74.9 Å². The maximum atomic E-state index is 11.5. The minimum absolute atomic E-state index is 0.159. The second-order valence-electron chi connectivity index (χ2n) is 5.83. The van der Waals surface area contributed by atoms with Crippen molar-refractivity contribution in [1.29, 1.82) is 0 Å². The van der Waals surface area contributed by atoms with Crippen molar-refractivity contribution in [2.24, 2.45) is 0 Å². The minimum Gasteiger partial charge on any atom is -0.447 e. The van der Waals surface area contributed by atoms with E-state index in [4.69, 9.17) is 9.15 Å². The standard InChI is InChI=1S/C13H19N5O3/c19-13-18-6-5-16(7-10(18)9-20-13)8-11-14-15-12(21-11)17-3-1-2-4-17/h10H,1-9H2. The molecule has 0 aromatic carbocycles. The van der Waals surface area contributed by atoms with Crippen molar-refractivity contribution in [2.75, 3.05) is 44.2 Å². The van der Waals surface area contributed by atoms with Gasteiger partial charge in [-0.1, -0.05) is 5.10 Å². The number of ether oxygens (including phenoxy) is 1. The summed E-state index contributed by atoms with van der Waals surface area (Å²) >= 11 is 0. The van der Waals surface area contributed by atoms with Crippen LogP contribution in [0.1, 0.15) is 18.7 Å². The molecule has 114 valence electrons. The molecule has 3 fully saturated rings. The van der Waals surface area contributed by atoms with Crippen molar-refractivity contribution >= 4 is 12.1 Å². The van der Waals surface area contributed by atoms with Crippen LogP contribution in [-0.2, 0) is 11.3 Å². The lowest BCUT2D eigenvalue weighted by molar-refractivity contribution is 0.109. The van der Waals surface area contributed by atoms with E-state index in [0.29, 0.717) is 31.6 Å². The SMILES string of the molecule is O=C1OCC2CN(Cc3nnc(N4CCCC4)o3)CCN12. The quantitative estimate of drug-likeness (QED) is 0.793. The van der Waals surface area contributed by atoms with Gasteiger partial charge in [0.1, 0.15) is 6.61 Å². The number of carbonyl (C=O) groups is 1. The van der Waals surface area contributed by atoms with E-state index in [1.54, 1.807) is 4.90 Å². The Bertz CT molecular complexity index is 528. The molecule has 1 aromatic rings. The molecular formula is C13H19N5O3. The summed E-state index contributed by atoms with van der Waals surface area (Å²) in [5.41, 5.74) is 0. The molecule has 0 N–H and O–H groups in total. The second-order valence-corrected chi connectivity index (χ2v) is 5.83. The summed E-state index contributed by atoms with van der Waals surface area (Å²) in [6, 6.07) is 0.799. The smallest absolute Gasteiger partial charge is 0.410 e. The number of rotatable bonds is 3. The Hall–Kier alpha value is -1.83. The number of nitrogens with zero attached hydrogens (tertiary/aromatic N) is 5. The Morgan fingerprint density at radius 3 is 2.86 bits per heavy atom. The van der Waals surface area contributed by atoms with Gasteiger partial charge in [0, 0.05) is 32.7 Å². The lowest BCUT2D eigenvalue weighted by atomic mass is 10.2. The third-order valence-electron chi connectivity index (χ3n) is 4.39. The van der Waals surface area contributed by atoms with Crippen LogP contribution in [-0.4, -0.2) is 71.5 Å². The maximum absolute atomic E-state index is 11.5. The minimum atomic E-state index is -0.186. The Balaban J connectivity index is 1.37. The molecule has 0 spiro atoms. The van der Waals surface area contributed by atoms with Crippen LogP contribution < -0.4 is 4.90 Å². The molecule has 0 aliphatic carbocycles. The number of carbonyl (C=O) groups excluding carboxylic acids is 1. The number of hydrogen-bond acceptors (Lipinski definition) is 7. The van der Waals surface area contributed by atoms with Crippen molar-refractivity contribution in [3.63, 3.8) is 0 Å². The Labute approximate surface area is 122 Å². The first kappa shape index (κ1) is 12.9. The zero-order chi connectivity index (χ0) is 14.2. The Kier molecular flexibility index (Phi) is 3.17. The van der Waals surface area contributed by atoms with E-state index < -0.39 is 0 Å². The summed E-state index contributed by atoms with van der Waals surface area (Å²) in [7, 11) is 0. The fraction of sp³-hybridized carbons (Fsp3) is 0.769. The summed E-state index contributed by atoms with van der Waals surface area (Å²) in [5.74, 6) is 0.649. The van der Waals surface area contributed by atoms with Crippen LogP contribution in [0.15, 0.2) is 4.42 Å². The molecule has 1 unspecified atom stereocenters. The van der Waals surface area contributed by atoms with Gasteiger partial charge in [-0.2, -0.15) is 0 Å². The zero-order valence-corrected chi connectivity index (χ0v) is 11.9. The van der Waals surface area contributed by atoms with E-state index in [2.05, 4.69) is 20.0 Å². The highest BCUT2D eigenvalue weighted by atomic mass is 16.6. The summed E-state index contributed by atoms with van der Waals surface area (Å²) in [4.78, 5) is 17.6. The van der Waals surface area contributed by atoms with Crippen LogP contribution in [0.4, 0.5) is 10.8 Å². The molecule has 3 aliphatic heterocycles. The van der Waals surface area contributed by atoms with E-state index >= 15 is 0 Å². The van der Waals surface area contributed by atoms with Gasteiger partial charge in [0.2, 0.25) is 5.89 Å². The Morgan fingerprint density at radius 2 is 2.00 bits per heavy atom. The molecule has 8 nitrogen and oxygen atoms in total. The largest absolute Gasteiger partial charge is 0.447 e. The number of cyclic esters (lactones) is 1. The highest BCUT2D eigenvalue weighted by Crippen LogP contribution is 2.21. The number of anilines is 1. The molecule has 4 rings (SSSR count). The lowest BCUT2D eigenvalue weighted by Crippen LogP contribution is -2.51. The van der Waals surface area contributed by atoms with E-state index in [0.717, 1.165) is 26.2 Å². The van der Waals surface area contributed by atoms with Crippen molar-refractivity contribution in [3.8, 4) is 0 Å². The van der Waals surface area contributed by atoms with Crippen LogP contribution in [0.25, 0.3) is 0 Å². The van der Waals surface area contributed by atoms with Crippen molar-refractivity contribution in [3.05, 3.63) is 5.89 Å². The monoisotopic (exact) mass is 293 g/mol. The lowest BCUT2D eigenvalue weighted by Gasteiger charge is -2.34. The second kappa shape index (κ2) is 5.18. The summed E-state index contributed by atoms with van der Waals surface area (Å²) < 4.78 is 10.8. The predicted octanol–water partition coefficient (Wildman–Crippen LogP) is 0.306. The van der Waals surface area contributed by atoms with Gasteiger partial charge in [-0.25, -0.2) is 4.79 Å². The van der Waals surface area contributed by atoms with Gasteiger partial charge in [0.05, 0.1) is 12.6 Å². The van der Waals surface area contributed by atoms with Crippen LogP contribution in [0.2, 0.25) is 0 Å². The fourth-order valence-electron chi connectivity index (χ4n) is 3.23. The van der Waals surface area contributed by atoms with Gasteiger partial charge >= 0.3 is 12.1 Å². The summed E-state index contributed by atoms with van der Waals surface area (Å²) in [6.07, 6.45) is 2.19. The van der Waals surface area contributed by atoms with E-state index in [9.17, 15) is 4.79 Å². The zero-order valence-electron chi connectivity index (χ0n) is 11.9. The maximum Gasteiger partial charge on any atom is 0.410 e. The van der Waals surface area contributed by atoms with Gasteiger partial charge in [-0.15, -0.1) is 5.10 Å². The fourth-order valence-corrected chi connectivity index (χ4v) is 3.23. The molecule has 4 heterocycles. The van der Waals surface area contributed by atoms with Gasteiger partial charge in [-0.05, 0) is 12.8 Å². The predicted molar refractivity (Wildman–Crippen MR) is 72.9 cm³/mol. The average Bonchev–Trinajstić information content (AvgIpc) is 3.20. The molecular weight excluding hydrogens is 274 g/mol. The number of piperazine rings is 1. The molecule has 0 saturated carbocycles. The first-order valence-corrected chi connectivity index (χ1v) is 7.53. The Morgan fingerprint density at radius 1 is 1.14 bits per heavy atom. The van der Waals surface area contributed by atoms with Gasteiger partial charge in [0.15, 0.2) is 0 Å². The molecule has 1 amide bonds. The molecule has 8 heteroatoms. The van der Waals surface area contributed by atoms with Crippen LogP contribution in [0, 0.1) is 0 Å². The van der Waals surface area contributed by atoms with E-state index in [1.165, 1.54) is 12.8 Å². The first-order chi connectivity index (χ1) is 10.3. The molecule has 1 atom stereocenters. The number of fused-ring (bicyclic) bond motifs is 1. The van der Waals surface area contributed by atoms with E-state index in [-0.39, 0.29) is 12.1 Å². The van der Waals surface area contributed by atoms with Crippen LogP contribution in [0.5, 0.6) is 0 Å². The third kappa shape index (κ3) is 2.44. The highest BCUT2D eigenvalue weighted by molar-refractivity contribution is 5.70. The number of aromatic nitrogens is 2. The van der Waals surface area contributed by atoms with Gasteiger partial charge in [0.25, 0.3) is 0 Å². The van der Waals surface area contributed by atoms with Crippen molar-refractivity contribution < 1.29 is 13.9 Å². The first-order valence-electron chi connectivity index (χ1n) is 7.53. The molecule has 21 heavy (non-hydrogen) atoms. The van der Waals surface area contributed by atoms with E-state index in [1.807, 2.05) is 0 Å². The summed E-state index contributed by atoms with van der Waals surface area (Å²) in [6.45, 7) is 5.44. The molecule has 3 saturated heterocycles. The normalized spacial score (nSPS) is 26.3. The number of hydrogen-bond donors (Lipinski definition) is 0. The van der Waals surface area contributed by atoms with Gasteiger partial charge in [-0.3, -0.25) is 9.80 Å². The number of amides is 1. The molecule has 1 aromatic heterocycles. The van der Waals surface area contributed by atoms with Crippen LogP contribution >= 0.6 is 0 Å². The molecule has 3 aliphatic rings. The molecule has 0 bridgehead atoms. The molecule has 0 radical (unpaired) electrons. The van der Waals surface area contributed by atoms with Gasteiger partial charge < -0.3 is 14.1 Å². The third-order valence-corrected chi connectivity index (χ3v) is 4.39. The van der Waals surface area contributed by atoms with Crippen molar-refractivity contribution in [1.82, 2.24) is 20.0 Å². The van der Waals surface area contributed by atoms with Crippen LogP contribution in [0.3, 0.4) is 0 Å². The summed E-state index contributed by atoms with van der Waals surface area (Å²) in [5, 5.41) is 8.28.